The molecular weight excluding hydrogens is 599 g/mol. The van der Waals surface area contributed by atoms with E-state index >= 15 is 0 Å². The minimum absolute atomic E-state index is 0.0538. The third-order valence-corrected chi connectivity index (χ3v) is 8.58. The number of benzene rings is 2. The highest BCUT2D eigenvalue weighted by molar-refractivity contribution is 7.92. The fraction of sp³-hybridized carbons (Fsp3) is 0.548. The lowest BCUT2D eigenvalue weighted by Gasteiger charge is -2.22. The highest BCUT2D eigenvalue weighted by Crippen LogP contribution is 2.42. The van der Waals surface area contributed by atoms with Crippen molar-refractivity contribution in [3.63, 3.8) is 0 Å². The summed E-state index contributed by atoms with van der Waals surface area (Å²) in [6.07, 6.45) is 8.03. The van der Waals surface area contributed by atoms with Crippen LogP contribution in [0.2, 0.25) is 10.0 Å². The van der Waals surface area contributed by atoms with Crippen LogP contribution >= 0.6 is 23.2 Å². The number of carbonyl (C=O) groups excluding carboxylic acids is 2. The summed E-state index contributed by atoms with van der Waals surface area (Å²) in [5.41, 5.74) is -1.03. The summed E-state index contributed by atoms with van der Waals surface area (Å²) in [7, 11) is -4.28. The second kappa shape index (κ2) is 16.4. The molecule has 0 unspecified atom stereocenters. The number of hydrogen-bond acceptors (Lipinski definition) is 6. The Kier molecular flexibility index (Phi) is 13.9. The van der Waals surface area contributed by atoms with Crippen molar-refractivity contribution in [2.45, 2.75) is 97.8 Å². The molecule has 0 atom stereocenters. The Morgan fingerprint density at radius 1 is 0.833 bits per heavy atom. The molecule has 0 bridgehead atoms. The van der Waals surface area contributed by atoms with Crippen LogP contribution in [-0.2, 0) is 14.8 Å². The maximum Gasteiger partial charge on any atom is 0.265 e. The van der Waals surface area contributed by atoms with E-state index in [2.05, 4.69) is 23.9 Å². The molecule has 0 heterocycles. The minimum Gasteiger partial charge on any atom is -0.493 e. The van der Waals surface area contributed by atoms with Gasteiger partial charge in [-0.15, -0.1) is 0 Å². The van der Waals surface area contributed by atoms with Crippen LogP contribution in [0.25, 0.3) is 0 Å². The molecule has 11 heteroatoms. The van der Waals surface area contributed by atoms with Crippen LogP contribution in [0, 0.1) is 5.41 Å². The van der Waals surface area contributed by atoms with Gasteiger partial charge in [-0.2, -0.15) is 0 Å². The van der Waals surface area contributed by atoms with E-state index in [9.17, 15) is 18.0 Å². The molecule has 2 rings (SSSR count). The third kappa shape index (κ3) is 10.3. The molecule has 0 aliphatic rings. The minimum atomic E-state index is -4.28. The van der Waals surface area contributed by atoms with Crippen LogP contribution in [0.15, 0.2) is 29.2 Å². The average Bonchev–Trinajstić information content (AvgIpc) is 2.90. The van der Waals surface area contributed by atoms with E-state index in [4.69, 9.17) is 32.7 Å². The first-order valence-corrected chi connectivity index (χ1v) is 16.7. The van der Waals surface area contributed by atoms with E-state index in [-0.39, 0.29) is 37.6 Å². The zero-order valence-electron chi connectivity index (χ0n) is 25.5. The average molecular weight is 644 g/mol. The zero-order valence-corrected chi connectivity index (χ0v) is 27.8. The largest absolute Gasteiger partial charge is 0.493 e. The quantitative estimate of drug-likeness (QED) is 0.132. The first-order chi connectivity index (χ1) is 19.7. The second-order valence-electron chi connectivity index (χ2n) is 11.3. The number of amides is 1. The number of rotatable bonds is 17. The van der Waals surface area contributed by atoms with Gasteiger partial charge in [0.15, 0.2) is 5.78 Å². The summed E-state index contributed by atoms with van der Waals surface area (Å²) in [5, 5.41) is 2.30. The highest BCUT2D eigenvalue weighted by Gasteiger charge is 2.31. The van der Waals surface area contributed by atoms with Gasteiger partial charge in [-0.3, -0.25) is 14.3 Å². The molecule has 1 amide bonds. The van der Waals surface area contributed by atoms with Crippen LogP contribution < -0.4 is 19.5 Å². The number of sulfonamides is 1. The molecule has 234 valence electrons. The van der Waals surface area contributed by atoms with E-state index in [0.29, 0.717) is 19.0 Å². The lowest BCUT2D eigenvalue weighted by molar-refractivity contribution is -0.114. The Balaban J connectivity index is 2.51. The fourth-order valence-electron chi connectivity index (χ4n) is 4.11. The Morgan fingerprint density at radius 2 is 1.40 bits per heavy atom. The maximum absolute atomic E-state index is 13.8. The SMILES string of the molecule is CCCCCCOc1ccc(S(=O)(=O)Nc2cc(NC(C)=O)c(Cl)c(C(=O)C(C)(C)C)c2Cl)c(OCCCCCC)c1. The number of unbranched alkanes of at least 4 members (excludes halogenated alkanes) is 6. The standard InChI is InChI=1S/C31H44Cl2N2O6S/c1-7-9-11-13-17-40-22-15-16-26(25(19-22)41-18-14-12-10-8-2)42(38,39)35-24-20-23(34-21(3)36)28(32)27(29(24)33)30(37)31(4,5)6/h15-16,19-20,35H,7-14,17-18H2,1-6H3,(H,34,36). The van der Waals surface area contributed by atoms with Gasteiger partial charge in [0.1, 0.15) is 16.4 Å². The number of ether oxygens (including phenoxy) is 2. The predicted octanol–water partition coefficient (Wildman–Crippen LogP) is 8.90. The Hall–Kier alpha value is -2.49. The smallest absolute Gasteiger partial charge is 0.265 e. The molecule has 42 heavy (non-hydrogen) atoms. The van der Waals surface area contributed by atoms with Crippen molar-refractivity contribution in [3.05, 3.63) is 39.9 Å². The highest BCUT2D eigenvalue weighted by atomic mass is 35.5. The second-order valence-corrected chi connectivity index (χ2v) is 13.7. The van der Waals surface area contributed by atoms with Gasteiger partial charge in [0, 0.05) is 18.4 Å². The molecule has 2 N–H and O–H groups in total. The molecule has 8 nitrogen and oxygen atoms in total. The van der Waals surface area contributed by atoms with E-state index in [1.54, 1.807) is 32.9 Å². The van der Waals surface area contributed by atoms with Gasteiger partial charge < -0.3 is 14.8 Å². The number of ketones is 1. The fourth-order valence-corrected chi connectivity index (χ4v) is 5.97. The van der Waals surface area contributed by atoms with Gasteiger partial charge >= 0.3 is 0 Å². The van der Waals surface area contributed by atoms with Gasteiger partial charge in [-0.05, 0) is 31.0 Å². The molecule has 0 spiro atoms. The molecule has 2 aromatic carbocycles. The first-order valence-electron chi connectivity index (χ1n) is 14.5. The normalized spacial score (nSPS) is 11.7. The van der Waals surface area contributed by atoms with Crippen LogP contribution in [0.5, 0.6) is 11.5 Å². The van der Waals surface area contributed by atoms with E-state index in [1.807, 2.05) is 0 Å². The van der Waals surface area contributed by atoms with Gasteiger partial charge in [0.05, 0.1) is 40.2 Å². The maximum atomic E-state index is 13.8. The first kappa shape index (κ1) is 35.7. The van der Waals surface area contributed by atoms with Gasteiger partial charge in [-0.25, -0.2) is 8.42 Å². The van der Waals surface area contributed by atoms with E-state index < -0.39 is 27.1 Å². The molecule has 0 aliphatic carbocycles. The summed E-state index contributed by atoms with van der Waals surface area (Å²) >= 11 is 13.1. The molecule has 0 aromatic heterocycles. The Morgan fingerprint density at radius 3 is 1.95 bits per heavy atom. The van der Waals surface area contributed by atoms with Crippen LogP contribution in [0.4, 0.5) is 11.4 Å². The molecule has 0 saturated heterocycles. The van der Waals surface area contributed by atoms with Crippen molar-refractivity contribution < 1.29 is 27.5 Å². The molecule has 0 aliphatic heterocycles. The number of halogens is 2. The number of Topliss-reactive ketones (excluding diaryl/α,β-unsaturated/α-hetero) is 1. The molecule has 0 saturated carbocycles. The Labute approximate surface area is 260 Å². The van der Waals surface area contributed by atoms with E-state index in [1.165, 1.54) is 19.1 Å². The van der Waals surface area contributed by atoms with Gasteiger partial charge in [0.2, 0.25) is 5.91 Å². The molecule has 2 aromatic rings. The molecule has 0 radical (unpaired) electrons. The van der Waals surface area contributed by atoms with Gasteiger partial charge in [0.25, 0.3) is 10.0 Å². The number of anilines is 2. The van der Waals surface area contributed by atoms with Crippen molar-refractivity contribution in [2.75, 3.05) is 23.3 Å². The van der Waals surface area contributed by atoms with Gasteiger partial charge in [-0.1, -0.05) is 96.3 Å². The topological polar surface area (TPSA) is 111 Å². The predicted molar refractivity (Wildman–Crippen MR) is 171 cm³/mol. The summed E-state index contributed by atoms with van der Waals surface area (Å²) < 4.78 is 41.8. The molecular formula is C31H44Cl2N2O6S. The van der Waals surface area contributed by atoms with Crippen LogP contribution in [0.1, 0.15) is 103 Å². The molecule has 0 fully saturated rings. The van der Waals surface area contributed by atoms with Crippen LogP contribution in [-0.4, -0.2) is 33.3 Å². The monoisotopic (exact) mass is 642 g/mol. The van der Waals surface area contributed by atoms with Crippen LogP contribution in [0.3, 0.4) is 0 Å². The van der Waals surface area contributed by atoms with E-state index in [0.717, 1.165) is 51.4 Å². The van der Waals surface area contributed by atoms with Crippen molar-refractivity contribution in [1.82, 2.24) is 0 Å². The van der Waals surface area contributed by atoms with Crippen molar-refractivity contribution >= 4 is 56.3 Å². The number of nitrogens with one attached hydrogen (secondary N) is 2. The summed E-state index contributed by atoms with van der Waals surface area (Å²) in [6.45, 7) is 11.4. The number of hydrogen-bond donors (Lipinski definition) is 2. The zero-order chi connectivity index (χ0) is 31.5. The summed E-state index contributed by atoms with van der Waals surface area (Å²) in [6, 6.07) is 5.88. The Bertz CT molecular complexity index is 1340. The summed E-state index contributed by atoms with van der Waals surface area (Å²) in [4.78, 5) is 25.0. The van der Waals surface area contributed by atoms with Crippen molar-refractivity contribution in [1.29, 1.82) is 0 Å². The lowest BCUT2D eigenvalue weighted by Crippen LogP contribution is -2.23. The number of carbonyl (C=O) groups is 2. The summed E-state index contributed by atoms with van der Waals surface area (Å²) in [5.74, 6) is -0.222. The van der Waals surface area contributed by atoms with Crippen molar-refractivity contribution in [2.24, 2.45) is 5.41 Å². The van der Waals surface area contributed by atoms with Crippen molar-refractivity contribution in [3.8, 4) is 11.5 Å². The lowest BCUT2D eigenvalue weighted by atomic mass is 9.86. The third-order valence-electron chi connectivity index (χ3n) is 6.39.